The molecule has 0 aliphatic heterocycles. The Labute approximate surface area is 87.6 Å². The van der Waals surface area contributed by atoms with E-state index >= 15 is 0 Å². The first kappa shape index (κ1) is 10.6. The van der Waals surface area contributed by atoms with E-state index < -0.39 is 0 Å². The Hall–Kier alpha value is -1.53. The summed E-state index contributed by atoms with van der Waals surface area (Å²) < 4.78 is 0. The fraction of sp³-hybridized carbons (Fsp3) is 0.125. The highest BCUT2D eigenvalue weighted by Crippen LogP contribution is 2.00. The number of hydrogen-bond acceptors (Lipinski definition) is 5. The van der Waals surface area contributed by atoms with Gasteiger partial charge in [0.2, 0.25) is 0 Å². The average molecular weight is 209 g/mol. The Morgan fingerprint density at radius 1 is 1.64 bits per heavy atom. The van der Waals surface area contributed by atoms with E-state index in [1.54, 1.807) is 31.6 Å². The van der Waals surface area contributed by atoms with E-state index in [0.29, 0.717) is 5.84 Å². The van der Waals surface area contributed by atoms with Gasteiger partial charge in [0.15, 0.2) is 5.84 Å². The predicted octanol–water partition coefficient (Wildman–Crippen LogP) is 0.0955. The Morgan fingerprint density at radius 3 is 2.79 bits per heavy atom. The van der Waals surface area contributed by atoms with Crippen molar-refractivity contribution < 1.29 is 0 Å². The molecule has 1 heterocycles. The van der Waals surface area contributed by atoms with Crippen molar-refractivity contribution in [2.24, 2.45) is 10.9 Å². The molecular formula is C8H11N5S. The molecule has 5 nitrogen and oxygen atoms in total. The zero-order chi connectivity index (χ0) is 10.4. The molecule has 0 saturated heterocycles. The van der Waals surface area contributed by atoms with Crippen molar-refractivity contribution in [3.05, 3.63) is 30.1 Å². The first-order valence-electron chi connectivity index (χ1n) is 3.93. The molecule has 1 aromatic heterocycles. The maximum Gasteiger partial charge on any atom is 0.174 e. The fourth-order valence-corrected chi connectivity index (χ4v) is 1.03. The standard InChI is InChI=1S/C8H11N5S/c1-10-12-8(13(9)6-14)7-2-4-11-5-3-7/h2-6,10H,9H2,1H3/b12-8-. The summed E-state index contributed by atoms with van der Waals surface area (Å²) in [5, 5.41) is 5.27. The van der Waals surface area contributed by atoms with Crippen LogP contribution in [0.25, 0.3) is 0 Å². The molecule has 1 aromatic rings. The summed E-state index contributed by atoms with van der Waals surface area (Å²) in [7, 11) is 1.69. The third-order valence-corrected chi connectivity index (χ3v) is 1.74. The maximum atomic E-state index is 5.62. The van der Waals surface area contributed by atoms with Crippen LogP contribution in [0.2, 0.25) is 0 Å². The largest absolute Gasteiger partial charge is 0.311 e. The van der Waals surface area contributed by atoms with Crippen LogP contribution in [0, 0.1) is 0 Å². The van der Waals surface area contributed by atoms with Crippen molar-refractivity contribution in [1.29, 1.82) is 0 Å². The van der Waals surface area contributed by atoms with E-state index in [-0.39, 0.29) is 0 Å². The Morgan fingerprint density at radius 2 is 2.29 bits per heavy atom. The zero-order valence-electron chi connectivity index (χ0n) is 7.71. The van der Waals surface area contributed by atoms with Crippen LogP contribution < -0.4 is 11.3 Å². The van der Waals surface area contributed by atoms with Gasteiger partial charge >= 0.3 is 0 Å². The minimum absolute atomic E-state index is 0.546. The molecule has 0 saturated carbocycles. The lowest BCUT2D eigenvalue weighted by Crippen LogP contribution is -2.37. The van der Waals surface area contributed by atoms with Gasteiger partial charge in [-0.15, -0.1) is 0 Å². The van der Waals surface area contributed by atoms with Crippen LogP contribution in [0.5, 0.6) is 0 Å². The molecule has 0 bridgehead atoms. The van der Waals surface area contributed by atoms with Crippen LogP contribution in [-0.2, 0) is 0 Å². The summed E-state index contributed by atoms with van der Waals surface area (Å²) in [6.07, 6.45) is 3.33. The van der Waals surface area contributed by atoms with Gasteiger partial charge in [0.25, 0.3) is 0 Å². The number of hydrazine groups is 1. The Bertz CT molecular complexity index is 324. The normalized spacial score (nSPS) is 10.9. The van der Waals surface area contributed by atoms with Gasteiger partial charge in [-0.1, -0.05) is 12.2 Å². The fourth-order valence-electron chi connectivity index (χ4n) is 0.928. The van der Waals surface area contributed by atoms with Crippen molar-refractivity contribution in [1.82, 2.24) is 15.4 Å². The highest BCUT2D eigenvalue weighted by molar-refractivity contribution is 7.78. The van der Waals surface area contributed by atoms with Gasteiger partial charge in [-0.05, 0) is 12.1 Å². The molecule has 0 unspecified atom stereocenters. The van der Waals surface area contributed by atoms with Crippen LogP contribution >= 0.6 is 12.2 Å². The lowest BCUT2D eigenvalue weighted by Gasteiger charge is -2.14. The molecule has 1 rings (SSSR count). The number of nitrogens with one attached hydrogen (secondary N) is 1. The third kappa shape index (κ3) is 2.48. The Kier molecular flexibility index (Phi) is 3.96. The third-order valence-electron chi connectivity index (χ3n) is 1.51. The molecular weight excluding hydrogens is 198 g/mol. The molecule has 0 aliphatic rings. The van der Waals surface area contributed by atoms with Crippen LogP contribution in [0.4, 0.5) is 0 Å². The average Bonchev–Trinajstić information content (AvgIpc) is 2.26. The molecule has 0 aromatic carbocycles. The Balaban J connectivity index is 3.01. The topological polar surface area (TPSA) is 66.5 Å². The first-order valence-corrected chi connectivity index (χ1v) is 4.40. The number of rotatable bonds is 3. The number of nitrogens with zero attached hydrogens (tertiary/aromatic N) is 3. The minimum atomic E-state index is 0.546. The first-order chi connectivity index (χ1) is 6.79. The molecule has 0 spiro atoms. The van der Waals surface area contributed by atoms with Gasteiger partial charge in [-0.25, -0.2) is 5.84 Å². The molecule has 6 heteroatoms. The number of amidine groups is 1. The summed E-state index contributed by atoms with van der Waals surface area (Å²) in [5.41, 5.74) is 4.82. The van der Waals surface area contributed by atoms with E-state index in [1.165, 1.54) is 10.5 Å². The monoisotopic (exact) mass is 209 g/mol. The summed E-state index contributed by atoms with van der Waals surface area (Å²) in [6.45, 7) is 0. The summed E-state index contributed by atoms with van der Waals surface area (Å²) in [4.78, 5) is 3.90. The minimum Gasteiger partial charge on any atom is -0.311 e. The van der Waals surface area contributed by atoms with E-state index in [9.17, 15) is 0 Å². The van der Waals surface area contributed by atoms with E-state index in [0.717, 1.165) is 5.56 Å². The number of hydrazone groups is 1. The van der Waals surface area contributed by atoms with Crippen molar-refractivity contribution in [3.63, 3.8) is 0 Å². The van der Waals surface area contributed by atoms with Gasteiger partial charge in [0.05, 0.1) is 5.49 Å². The maximum absolute atomic E-state index is 5.62. The van der Waals surface area contributed by atoms with E-state index in [4.69, 9.17) is 18.1 Å². The van der Waals surface area contributed by atoms with Gasteiger partial charge in [-0.3, -0.25) is 9.99 Å². The molecule has 14 heavy (non-hydrogen) atoms. The van der Waals surface area contributed by atoms with Crippen molar-refractivity contribution in [2.45, 2.75) is 0 Å². The predicted molar refractivity (Wildman–Crippen MR) is 59.5 cm³/mol. The van der Waals surface area contributed by atoms with Crippen molar-refractivity contribution >= 4 is 23.5 Å². The van der Waals surface area contributed by atoms with E-state index in [2.05, 4.69) is 15.5 Å². The molecule has 0 aliphatic carbocycles. The van der Waals surface area contributed by atoms with Crippen molar-refractivity contribution in [2.75, 3.05) is 7.05 Å². The quantitative estimate of drug-likeness (QED) is 0.243. The summed E-state index contributed by atoms with van der Waals surface area (Å²) in [5.74, 6) is 6.16. The van der Waals surface area contributed by atoms with Crippen LogP contribution in [0.1, 0.15) is 5.56 Å². The van der Waals surface area contributed by atoms with Gasteiger partial charge in [0, 0.05) is 25.0 Å². The van der Waals surface area contributed by atoms with Crippen molar-refractivity contribution in [3.8, 4) is 0 Å². The molecule has 0 fully saturated rings. The second-order valence-electron chi connectivity index (χ2n) is 2.41. The molecule has 0 atom stereocenters. The highest BCUT2D eigenvalue weighted by Gasteiger charge is 2.06. The molecule has 0 amide bonds. The summed E-state index contributed by atoms with van der Waals surface area (Å²) in [6, 6.07) is 3.60. The molecule has 0 radical (unpaired) electrons. The second-order valence-corrected chi connectivity index (χ2v) is 2.62. The van der Waals surface area contributed by atoms with Gasteiger partial charge in [-0.2, -0.15) is 5.10 Å². The van der Waals surface area contributed by atoms with Gasteiger partial charge < -0.3 is 5.43 Å². The lowest BCUT2D eigenvalue weighted by atomic mass is 10.2. The second kappa shape index (κ2) is 5.25. The van der Waals surface area contributed by atoms with Crippen LogP contribution in [-0.4, -0.2) is 28.4 Å². The number of thiocarbonyl (C=S) groups is 1. The smallest absolute Gasteiger partial charge is 0.174 e. The summed E-state index contributed by atoms with van der Waals surface area (Å²) >= 11 is 4.72. The zero-order valence-corrected chi connectivity index (χ0v) is 8.53. The van der Waals surface area contributed by atoms with Crippen LogP contribution in [0.15, 0.2) is 29.6 Å². The number of hydrogen-bond donors (Lipinski definition) is 2. The van der Waals surface area contributed by atoms with Crippen LogP contribution in [0.3, 0.4) is 0 Å². The SMILES string of the molecule is CN/N=C(/c1ccncc1)N(N)C=S. The number of aromatic nitrogens is 1. The number of nitrogens with two attached hydrogens (primary N) is 1. The lowest BCUT2D eigenvalue weighted by molar-refractivity contribution is 0.670. The number of pyridine rings is 1. The van der Waals surface area contributed by atoms with Gasteiger partial charge in [0.1, 0.15) is 0 Å². The van der Waals surface area contributed by atoms with E-state index in [1.807, 2.05) is 0 Å². The molecule has 3 N–H and O–H groups in total. The highest BCUT2D eigenvalue weighted by atomic mass is 32.1. The molecule has 74 valence electrons.